The molecule has 4 nitrogen and oxygen atoms in total. The molecule has 0 bridgehead atoms. The van der Waals surface area contributed by atoms with Crippen molar-refractivity contribution in [1.29, 1.82) is 0 Å². The number of hydrogen-bond acceptors (Lipinski definition) is 3. The van der Waals surface area contributed by atoms with Gasteiger partial charge in [-0.3, -0.25) is 9.59 Å². The predicted molar refractivity (Wildman–Crippen MR) is 52.0 cm³/mol. The molecule has 0 heterocycles. The topological polar surface area (TPSA) is 80.4 Å². The zero-order valence-corrected chi connectivity index (χ0v) is 7.73. The van der Waals surface area contributed by atoms with Gasteiger partial charge < -0.3 is 10.8 Å². The number of nitrogen functional groups attached to an aromatic ring is 1. The van der Waals surface area contributed by atoms with Crippen molar-refractivity contribution in [3.05, 3.63) is 29.8 Å². The van der Waals surface area contributed by atoms with E-state index >= 15 is 0 Å². The highest BCUT2D eigenvalue weighted by atomic mass is 16.4. The zero-order chi connectivity index (χ0) is 10.7. The lowest BCUT2D eigenvalue weighted by Gasteiger charge is -2.04. The van der Waals surface area contributed by atoms with Gasteiger partial charge in [-0.15, -0.1) is 0 Å². The molecule has 14 heavy (non-hydrogen) atoms. The number of carboxylic acids is 1. The van der Waals surface area contributed by atoms with Gasteiger partial charge in [0.2, 0.25) is 0 Å². The molecular formula is C10H11NO3. The molecule has 0 aliphatic heterocycles. The Hall–Kier alpha value is -1.84. The molecule has 0 saturated heterocycles. The summed E-state index contributed by atoms with van der Waals surface area (Å²) < 4.78 is 0. The van der Waals surface area contributed by atoms with Gasteiger partial charge in [0.25, 0.3) is 0 Å². The van der Waals surface area contributed by atoms with Gasteiger partial charge in [0, 0.05) is 11.3 Å². The highest BCUT2D eigenvalue weighted by Crippen LogP contribution is 2.11. The van der Waals surface area contributed by atoms with Gasteiger partial charge in [-0.05, 0) is 31.2 Å². The number of hydrogen-bond donors (Lipinski definition) is 2. The average molecular weight is 193 g/mol. The number of anilines is 1. The van der Waals surface area contributed by atoms with Crippen molar-refractivity contribution in [2.75, 3.05) is 5.73 Å². The molecule has 0 fully saturated rings. The van der Waals surface area contributed by atoms with Crippen LogP contribution in [-0.2, 0) is 4.79 Å². The van der Waals surface area contributed by atoms with E-state index in [1.165, 1.54) is 19.1 Å². The molecule has 4 heteroatoms. The molecule has 0 aliphatic rings. The van der Waals surface area contributed by atoms with Gasteiger partial charge in [-0.25, -0.2) is 0 Å². The monoisotopic (exact) mass is 193 g/mol. The number of carboxylic acid groups (broad SMARTS) is 1. The van der Waals surface area contributed by atoms with E-state index in [2.05, 4.69) is 0 Å². The maximum Gasteiger partial charge on any atom is 0.314 e. The molecule has 0 aliphatic carbocycles. The summed E-state index contributed by atoms with van der Waals surface area (Å²) in [6.07, 6.45) is 0. The SMILES string of the molecule is CC(C(=O)O)C(=O)c1ccc(N)cc1. The Morgan fingerprint density at radius 2 is 1.79 bits per heavy atom. The number of benzene rings is 1. The van der Waals surface area contributed by atoms with E-state index in [0.29, 0.717) is 11.3 Å². The molecule has 74 valence electrons. The Labute approximate surface area is 81.3 Å². The minimum atomic E-state index is -1.12. The van der Waals surface area contributed by atoms with Crippen LogP contribution in [0.3, 0.4) is 0 Å². The molecule has 0 aromatic heterocycles. The van der Waals surface area contributed by atoms with Crippen LogP contribution >= 0.6 is 0 Å². The van der Waals surface area contributed by atoms with Crippen molar-refractivity contribution >= 4 is 17.4 Å². The summed E-state index contributed by atoms with van der Waals surface area (Å²) in [5, 5.41) is 8.62. The van der Waals surface area contributed by atoms with Crippen molar-refractivity contribution in [3.8, 4) is 0 Å². The fraction of sp³-hybridized carbons (Fsp3) is 0.200. The van der Waals surface area contributed by atoms with Gasteiger partial charge in [0.15, 0.2) is 5.78 Å². The van der Waals surface area contributed by atoms with E-state index in [4.69, 9.17) is 10.8 Å². The van der Waals surface area contributed by atoms with Crippen molar-refractivity contribution < 1.29 is 14.7 Å². The van der Waals surface area contributed by atoms with Crippen LogP contribution in [0.1, 0.15) is 17.3 Å². The molecule has 0 radical (unpaired) electrons. The smallest absolute Gasteiger partial charge is 0.314 e. The van der Waals surface area contributed by atoms with Crippen LogP contribution in [0.25, 0.3) is 0 Å². The lowest BCUT2D eigenvalue weighted by atomic mass is 9.99. The van der Waals surface area contributed by atoms with E-state index in [-0.39, 0.29) is 0 Å². The first-order valence-electron chi connectivity index (χ1n) is 4.15. The standard InChI is InChI=1S/C10H11NO3/c1-6(10(13)14)9(12)7-2-4-8(11)5-3-7/h2-6H,11H2,1H3,(H,13,14). The minimum absolute atomic E-state index is 0.370. The third-order valence-electron chi connectivity index (χ3n) is 1.96. The van der Waals surface area contributed by atoms with Crippen molar-refractivity contribution in [3.63, 3.8) is 0 Å². The summed E-state index contributed by atoms with van der Waals surface area (Å²) in [7, 11) is 0. The molecular weight excluding hydrogens is 182 g/mol. The number of nitrogens with two attached hydrogens (primary N) is 1. The largest absolute Gasteiger partial charge is 0.481 e. The number of carbonyl (C=O) groups is 2. The van der Waals surface area contributed by atoms with Crippen molar-refractivity contribution in [2.24, 2.45) is 5.92 Å². The molecule has 0 spiro atoms. The molecule has 0 saturated carbocycles. The molecule has 1 aromatic rings. The normalized spacial score (nSPS) is 12.1. The van der Waals surface area contributed by atoms with E-state index in [0.717, 1.165) is 0 Å². The summed E-state index contributed by atoms with van der Waals surface area (Å²) in [5.41, 5.74) is 6.35. The summed E-state index contributed by atoms with van der Waals surface area (Å²) in [6, 6.07) is 6.19. The van der Waals surface area contributed by atoms with Gasteiger partial charge in [-0.2, -0.15) is 0 Å². The summed E-state index contributed by atoms with van der Waals surface area (Å²) in [6.45, 7) is 1.36. The fourth-order valence-corrected chi connectivity index (χ4v) is 1.01. The quantitative estimate of drug-likeness (QED) is 0.429. The molecule has 1 rings (SSSR count). The van der Waals surface area contributed by atoms with Gasteiger partial charge in [-0.1, -0.05) is 0 Å². The maximum atomic E-state index is 11.5. The van der Waals surface area contributed by atoms with Crippen LogP contribution in [-0.4, -0.2) is 16.9 Å². The molecule has 1 aromatic carbocycles. The number of ketones is 1. The highest BCUT2D eigenvalue weighted by molar-refractivity contribution is 6.07. The van der Waals surface area contributed by atoms with E-state index in [9.17, 15) is 9.59 Å². The second-order valence-corrected chi connectivity index (χ2v) is 3.05. The van der Waals surface area contributed by atoms with Crippen LogP contribution in [0.4, 0.5) is 5.69 Å². The van der Waals surface area contributed by atoms with Crippen LogP contribution in [0.2, 0.25) is 0 Å². The number of rotatable bonds is 3. The lowest BCUT2D eigenvalue weighted by Crippen LogP contribution is -2.20. The summed E-state index contributed by atoms with van der Waals surface area (Å²) in [4.78, 5) is 22.0. The molecule has 0 amide bonds. The van der Waals surface area contributed by atoms with Crippen molar-refractivity contribution in [2.45, 2.75) is 6.92 Å². The molecule has 1 atom stereocenters. The number of Topliss-reactive ketones (excluding diaryl/α,β-unsaturated/α-hetero) is 1. The average Bonchev–Trinajstić information content (AvgIpc) is 2.16. The summed E-state index contributed by atoms with van der Waals surface area (Å²) >= 11 is 0. The third-order valence-corrected chi connectivity index (χ3v) is 1.96. The predicted octanol–water partition coefficient (Wildman–Crippen LogP) is 1.17. The first kappa shape index (κ1) is 10.2. The van der Waals surface area contributed by atoms with E-state index in [1.54, 1.807) is 12.1 Å². The third kappa shape index (κ3) is 2.10. The van der Waals surface area contributed by atoms with Gasteiger partial charge in [0.05, 0.1) is 0 Å². The minimum Gasteiger partial charge on any atom is -0.481 e. The number of aliphatic carboxylic acids is 1. The van der Waals surface area contributed by atoms with E-state index in [1.807, 2.05) is 0 Å². The van der Waals surface area contributed by atoms with Gasteiger partial charge in [0.1, 0.15) is 5.92 Å². The summed E-state index contributed by atoms with van der Waals surface area (Å²) in [5.74, 6) is -2.54. The first-order chi connectivity index (χ1) is 6.52. The second kappa shape index (κ2) is 3.91. The van der Waals surface area contributed by atoms with E-state index < -0.39 is 17.7 Å². The molecule has 3 N–H and O–H groups in total. The Kier molecular flexibility index (Phi) is 2.86. The second-order valence-electron chi connectivity index (χ2n) is 3.05. The highest BCUT2D eigenvalue weighted by Gasteiger charge is 2.21. The Morgan fingerprint density at radius 1 is 1.29 bits per heavy atom. The maximum absolute atomic E-state index is 11.5. The van der Waals surface area contributed by atoms with Crippen LogP contribution in [0.15, 0.2) is 24.3 Å². The van der Waals surface area contributed by atoms with Crippen molar-refractivity contribution in [1.82, 2.24) is 0 Å². The first-order valence-corrected chi connectivity index (χ1v) is 4.15. The van der Waals surface area contributed by atoms with Crippen LogP contribution in [0.5, 0.6) is 0 Å². The fourth-order valence-electron chi connectivity index (χ4n) is 1.01. The Bertz CT molecular complexity index is 356. The number of carbonyl (C=O) groups excluding carboxylic acids is 1. The Balaban J connectivity index is 2.90. The zero-order valence-electron chi connectivity index (χ0n) is 7.73. The Morgan fingerprint density at radius 3 is 2.21 bits per heavy atom. The lowest BCUT2D eigenvalue weighted by molar-refractivity contribution is -0.139. The van der Waals surface area contributed by atoms with Crippen LogP contribution < -0.4 is 5.73 Å². The van der Waals surface area contributed by atoms with Crippen LogP contribution in [0, 0.1) is 5.92 Å². The molecule has 1 unspecified atom stereocenters. The van der Waals surface area contributed by atoms with Gasteiger partial charge >= 0.3 is 5.97 Å².